The fraction of sp³-hybridized carbons (Fsp3) is 0.143. The van der Waals surface area contributed by atoms with E-state index in [1.165, 1.54) is 6.20 Å². The molecule has 0 bridgehead atoms. The lowest BCUT2D eigenvalue weighted by Crippen LogP contribution is -2.13. The van der Waals surface area contributed by atoms with Crippen LogP contribution in [0, 0.1) is 18.6 Å². The Kier molecular flexibility index (Phi) is 3.52. The number of hydrogen-bond acceptors (Lipinski definition) is 4. The highest BCUT2D eigenvalue weighted by Gasteiger charge is 2.18. The summed E-state index contributed by atoms with van der Waals surface area (Å²) in [6.07, 6.45) is 1.32. The number of sulfonamides is 1. The van der Waals surface area contributed by atoms with E-state index >= 15 is 0 Å². The highest BCUT2D eigenvalue weighted by atomic mass is 32.2. The van der Waals surface area contributed by atoms with Crippen molar-refractivity contribution < 1.29 is 17.2 Å². The fourth-order valence-corrected chi connectivity index (χ4v) is 3.34. The van der Waals surface area contributed by atoms with E-state index in [1.807, 2.05) is 0 Å². The van der Waals surface area contributed by atoms with Gasteiger partial charge in [-0.05, 0) is 25.1 Å². The molecule has 0 aliphatic rings. The Morgan fingerprint density at radius 1 is 1.13 bits per heavy atom. The Hall–Kier alpha value is -2.55. The van der Waals surface area contributed by atoms with Gasteiger partial charge in [0.25, 0.3) is 10.0 Å². The minimum Gasteiger partial charge on any atom is -0.278 e. The smallest absolute Gasteiger partial charge is 0.262 e. The zero-order chi connectivity index (χ0) is 16.8. The number of pyridine rings is 1. The topological polar surface area (TPSA) is 76.9 Å². The van der Waals surface area contributed by atoms with Gasteiger partial charge in [0.15, 0.2) is 5.65 Å². The number of nitrogens with zero attached hydrogens (tertiary/aromatic N) is 3. The van der Waals surface area contributed by atoms with Crippen molar-refractivity contribution in [1.82, 2.24) is 14.8 Å². The first kappa shape index (κ1) is 15.3. The van der Waals surface area contributed by atoms with E-state index in [0.717, 1.165) is 12.1 Å². The van der Waals surface area contributed by atoms with Gasteiger partial charge in [-0.15, -0.1) is 0 Å². The molecule has 0 fully saturated rings. The van der Waals surface area contributed by atoms with Gasteiger partial charge in [-0.25, -0.2) is 22.2 Å². The second kappa shape index (κ2) is 5.27. The van der Waals surface area contributed by atoms with Crippen molar-refractivity contribution in [2.45, 2.75) is 11.8 Å². The van der Waals surface area contributed by atoms with Crippen molar-refractivity contribution in [3.8, 4) is 0 Å². The first-order valence-electron chi connectivity index (χ1n) is 6.54. The van der Waals surface area contributed by atoms with Crippen molar-refractivity contribution in [3.63, 3.8) is 0 Å². The molecule has 23 heavy (non-hydrogen) atoms. The number of anilines is 1. The Labute approximate surface area is 130 Å². The summed E-state index contributed by atoms with van der Waals surface area (Å²) in [6.45, 7) is 1.77. The third kappa shape index (κ3) is 2.87. The normalized spacial score (nSPS) is 11.8. The van der Waals surface area contributed by atoms with Gasteiger partial charge in [-0.1, -0.05) is 0 Å². The van der Waals surface area contributed by atoms with Crippen LogP contribution in [-0.2, 0) is 17.1 Å². The van der Waals surface area contributed by atoms with Crippen LogP contribution in [0.4, 0.5) is 14.5 Å². The molecule has 2 aromatic heterocycles. The number of fused-ring (bicyclic) bond motifs is 1. The molecule has 0 saturated carbocycles. The monoisotopic (exact) mass is 338 g/mol. The molecular weight excluding hydrogens is 326 g/mol. The predicted molar refractivity (Wildman–Crippen MR) is 80.4 cm³/mol. The van der Waals surface area contributed by atoms with Crippen LogP contribution >= 0.6 is 0 Å². The number of aryl methyl sites for hydroxylation is 2. The first-order chi connectivity index (χ1) is 10.8. The van der Waals surface area contributed by atoms with E-state index in [0.29, 0.717) is 22.8 Å². The van der Waals surface area contributed by atoms with Crippen LogP contribution < -0.4 is 4.72 Å². The fourth-order valence-electron chi connectivity index (χ4n) is 2.26. The molecule has 0 saturated heterocycles. The number of benzene rings is 1. The average molecular weight is 338 g/mol. The summed E-state index contributed by atoms with van der Waals surface area (Å²) in [6, 6.07) is 3.66. The van der Waals surface area contributed by atoms with Crippen LogP contribution in [-0.4, -0.2) is 23.2 Å². The van der Waals surface area contributed by atoms with Crippen molar-refractivity contribution in [2.75, 3.05) is 4.72 Å². The maximum atomic E-state index is 13.2. The molecule has 0 aliphatic carbocycles. The van der Waals surface area contributed by atoms with Crippen LogP contribution in [0.3, 0.4) is 0 Å². The molecular formula is C14H12F2N4O2S. The summed E-state index contributed by atoms with van der Waals surface area (Å²) in [5.41, 5.74) is 1.47. The number of rotatable bonds is 3. The molecule has 1 N–H and O–H groups in total. The summed E-state index contributed by atoms with van der Waals surface area (Å²) < 4.78 is 54.7. The molecule has 0 atom stereocenters. The second-order valence-corrected chi connectivity index (χ2v) is 6.70. The molecule has 3 aromatic rings. The quantitative estimate of drug-likeness (QED) is 0.795. The molecule has 6 nitrogen and oxygen atoms in total. The SMILES string of the molecule is Cc1nn(C)c2ncc(NS(=O)(=O)c3cc(F)cc(F)c3)cc12. The van der Waals surface area contributed by atoms with Gasteiger partial charge in [-0.2, -0.15) is 5.10 Å². The standard InChI is InChI=1S/C14H12F2N4O2S/c1-8-13-6-11(7-17-14(13)20(2)18-8)19-23(21,22)12-4-9(15)3-10(16)5-12/h3-7,19H,1-2H3. The van der Waals surface area contributed by atoms with Gasteiger partial charge in [0.1, 0.15) is 11.6 Å². The van der Waals surface area contributed by atoms with Gasteiger partial charge in [-0.3, -0.25) is 9.40 Å². The minimum absolute atomic E-state index is 0.179. The van der Waals surface area contributed by atoms with Crippen molar-refractivity contribution in [1.29, 1.82) is 0 Å². The maximum Gasteiger partial charge on any atom is 0.262 e. The molecule has 3 rings (SSSR count). The molecule has 2 heterocycles. The molecule has 0 amide bonds. The summed E-state index contributed by atoms with van der Waals surface area (Å²) >= 11 is 0. The van der Waals surface area contributed by atoms with Crippen molar-refractivity contribution in [2.24, 2.45) is 7.05 Å². The Morgan fingerprint density at radius 2 is 1.78 bits per heavy atom. The van der Waals surface area contributed by atoms with E-state index < -0.39 is 26.6 Å². The largest absolute Gasteiger partial charge is 0.278 e. The molecule has 1 aromatic carbocycles. The minimum atomic E-state index is -4.13. The zero-order valence-electron chi connectivity index (χ0n) is 12.2. The van der Waals surface area contributed by atoms with E-state index in [-0.39, 0.29) is 5.69 Å². The second-order valence-electron chi connectivity index (χ2n) is 5.01. The lowest BCUT2D eigenvalue weighted by atomic mass is 10.3. The third-order valence-electron chi connectivity index (χ3n) is 3.26. The summed E-state index contributed by atoms with van der Waals surface area (Å²) in [4.78, 5) is 3.64. The molecule has 0 unspecified atom stereocenters. The van der Waals surface area contributed by atoms with E-state index in [9.17, 15) is 17.2 Å². The molecule has 120 valence electrons. The lowest BCUT2D eigenvalue weighted by Gasteiger charge is -2.08. The van der Waals surface area contributed by atoms with Crippen LogP contribution in [0.1, 0.15) is 5.69 Å². The van der Waals surface area contributed by atoms with Crippen molar-refractivity contribution in [3.05, 3.63) is 47.8 Å². The first-order valence-corrected chi connectivity index (χ1v) is 8.03. The highest BCUT2D eigenvalue weighted by molar-refractivity contribution is 7.92. The Morgan fingerprint density at radius 3 is 2.43 bits per heavy atom. The molecule has 9 heteroatoms. The highest BCUT2D eigenvalue weighted by Crippen LogP contribution is 2.22. The van der Waals surface area contributed by atoms with Gasteiger partial charge >= 0.3 is 0 Å². The zero-order valence-corrected chi connectivity index (χ0v) is 13.0. The molecule has 0 spiro atoms. The van der Waals surface area contributed by atoms with Gasteiger partial charge in [0, 0.05) is 18.5 Å². The van der Waals surface area contributed by atoms with Crippen LogP contribution in [0.5, 0.6) is 0 Å². The number of aromatic nitrogens is 3. The number of halogens is 2. The maximum absolute atomic E-state index is 13.2. The molecule has 0 radical (unpaired) electrons. The van der Waals surface area contributed by atoms with Crippen LogP contribution in [0.25, 0.3) is 11.0 Å². The van der Waals surface area contributed by atoms with Crippen LogP contribution in [0.15, 0.2) is 35.4 Å². The van der Waals surface area contributed by atoms with E-state index in [1.54, 1.807) is 24.7 Å². The third-order valence-corrected chi connectivity index (χ3v) is 4.62. The van der Waals surface area contributed by atoms with Gasteiger partial charge in [0.2, 0.25) is 0 Å². The average Bonchev–Trinajstić information content (AvgIpc) is 2.72. The van der Waals surface area contributed by atoms with Gasteiger partial charge < -0.3 is 0 Å². The Bertz CT molecular complexity index is 995. The predicted octanol–water partition coefficient (Wildman–Crippen LogP) is 2.36. The van der Waals surface area contributed by atoms with Crippen LogP contribution in [0.2, 0.25) is 0 Å². The number of nitrogens with one attached hydrogen (secondary N) is 1. The Balaban J connectivity index is 2.01. The lowest BCUT2D eigenvalue weighted by molar-refractivity contribution is 0.568. The molecule has 0 aliphatic heterocycles. The summed E-state index contributed by atoms with van der Waals surface area (Å²) in [7, 11) is -2.41. The summed E-state index contributed by atoms with van der Waals surface area (Å²) in [5, 5.41) is 4.87. The summed E-state index contributed by atoms with van der Waals surface area (Å²) in [5.74, 6) is -1.94. The van der Waals surface area contributed by atoms with Gasteiger partial charge in [0.05, 0.1) is 22.5 Å². The van der Waals surface area contributed by atoms with E-state index in [4.69, 9.17) is 0 Å². The number of hydrogen-bond donors (Lipinski definition) is 1. The van der Waals surface area contributed by atoms with E-state index in [2.05, 4.69) is 14.8 Å². The van der Waals surface area contributed by atoms with Crippen molar-refractivity contribution >= 4 is 26.7 Å².